The van der Waals surface area contributed by atoms with Gasteiger partial charge in [-0.15, -0.1) is 0 Å². The largest absolute Gasteiger partial charge is 0.355 e. The first-order valence-corrected chi connectivity index (χ1v) is 6.57. The summed E-state index contributed by atoms with van der Waals surface area (Å²) in [6.45, 7) is 2.64. The van der Waals surface area contributed by atoms with Gasteiger partial charge in [0.2, 0.25) is 5.91 Å². The number of rotatable bonds is 3. The van der Waals surface area contributed by atoms with Gasteiger partial charge in [-0.2, -0.15) is 0 Å². The van der Waals surface area contributed by atoms with Crippen molar-refractivity contribution >= 4 is 16.7 Å². The Kier molecular flexibility index (Phi) is 2.78. The first kappa shape index (κ1) is 11.3. The second kappa shape index (κ2) is 4.45. The molecule has 18 heavy (non-hydrogen) atoms. The van der Waals surface area contributed by atoms with Crippen molar-refractivity contribution in [2.45, 2.75) is 25.7 Å². The Balaban J connectivity index is 1.91. The van der Waals surface area contributed by atoms with Crippen molar-refractivity contribution in [3.05, 3.63) is 47.5 Å². The molecule has 0 spiro atoms. The van der Waals surface area contributed by atoms with Crippen LogP contribution in [0.15, 0.2) is 36.4 Å². The molecule has 3 rings (SSSR count). The van der Waals surface area contributed by atoms with Crippen LogP contribution in [0.4, 0.5) is 0 Å². The first-order valence-electron chi connectivity index (χ1n) is 6.57. The maximum Gasteiger partial charge on any atom is 0.219 e. The molecule has 92 valence electrons. The van der Waals surface area contributed by atoms with Gasteiger partial charge in [-0.1, -0.05) is 43.3 Å². The van der Waals surface area contributed by atoms with Crippen LogP contribution in [-0.4, -0.2) is 12.5 Å². The lowest BCUT2D eigenvalue weighted by Gasteiger charge is -2.12. The van der Waals surface area contributed by atoms with Crippen LogP contribution < -0.4 is 5.32 Å². The molecule has 0 saturated heterocycles. The monoisotopic (exact) mass is 239 g/mol. The molecule has 1 aliphatic carbocycles. The second-order valence-corrected chi connectivity index (χ2v) is 4.92. The quantitative estimate of drug-likeness (QED) is 0.876. The molecule has 2 heteroatoms. The van der Waals surface area contributed by atoms with Crippen LogP contribution in [0.5, 0.6) is 0 Å². The van der Waals surface area contributed by atoms with Crippen molar-refractivity contribution in [3.8, 4) is 0 Å². The summed E-state index contributed by atoms with van der Waals surface area (Å²) in [7, 11) is 0. The number of benzene rings is 2. The Morgan fingerprint density at radius 2 is 2.06 bits per heavy atom. The Labute approximate surface area is 107 Å². The molecular formula is C16H17NO. The minimum Gasteiger partial charge on any atom is -0.355 e. The summed E-state index contributed by atoms with van der Waals surface area (Å²) in [4.78, 5) is 11.4. The average molecular weight is 239 g/mol. The zero-order chi connectivity index (χ0) is 12.5. The molecule has 1 amide bonds. The maximum absolute atomic E-state index is 11.4. The molecule has 2 aromatic rings. The van der Waals surface area contributed by atoms with E-state index in [-0.39, 0.29) is 5.91 Å². The molecule has 2 nitrogen and oxygen atoms in total. The van der Waals surface area contributed by atoms with Crippen LogP contribution in [-0.2, 0) is 11.2 Å². The van der Waals surface area contributed by atoms with Crippen LogP contribution in [0, 0.1) is 0 Å². The van der Waals surface area contributed by atoms with Gasteiger partial charge in [-0.05, 0) is 28.3 Å². The van der Waals surface area contributed by atoms with E-state index in [4.69, 9.17) is 0 Å². The van der Waals surface area contributed by atoms with Gasteiger partial charge >= 0.3 is 0 Å². The average Bonchev–Trinajstić information content (AvgIpc) is 2.77. The molecule has 1 aliphatic rings. The normalized spacial score (nSPS) is 17.1. The fraction of sp³-hybridized carbons (Fsp3) is 0.312. The SMILES string of the molecule is CCC(=O)NC[C@H]1Cc2cccc3cccc1c23. The molecule has 0 bridgehead atoms. The van der Waals surface area contributed by atoms with Crippen molar-refractivity contribution in [1.29, 1.82) is 0 Å². The Morgan fingerprint density at radius 1 is 1.28 bits per heavy atom. The molecule has 1 N–H and O–H groups in total. The predicted molar refractivity (Wildman–Crippen MR) is 73.7 cm³/mol. The lowest BCUT2D eigenvalue weighted by Crippen LogP contribution is -2.27. The molecular weight excluding hydrogens is 222 g/mol. The highest BCUT2D eigenvalue weighted by molar-refractivity contribution is 5.91. The number of carbonyl (C=O) groups excluding carboxylic acids is 1. The standard InChI is InChI=1S/C16H17NO/c1-2-15(18)17-10-13-9-12-7-3-5-11-6-4-8-14(13)16(11)12/h3-8,13H,2,9-10H2,1H3,(H,17,18)/t13-/m1/s1. The summed E-state index contributed by atoms with van der Waals surface area (Å²) in [5.74, 6) is 0.569. The van der Waals surface area contributed by atoms with E-state index in [0.29, 0.717) is 12.3 Å². The summed E-state index contributed by atoms with van der Waals surface area (Å²) in [5, 5.41) is 5.73. The highest BCUT2D eigenvalue weighted by Crippen LogP contribution is 2.37. The van der Waals surface area contributed by atoms with Crippen LogP contribution in [0.3, 0.4) is 0 Å². The summed E-state index contributed by atoms with van der Waals surface area (Å²) in [6.07, 6.45) is 1.60. The Morgan fingerprint density at radius 3 is 2.83 bits per heavy atom. The lowest BCUT2D eigenvalue weighted by molar-refractivity contribution is -0.120. The van der Waals surface area contributed by atoms with Crippen LogP contribution in [0.2, 0.25) is 0 Å². The summed E-state index contributed by atoms with van der Waals surface area (Å²) in [6, 6.07) is 13.0. The minimum atomic E-state index is 0.137. The van der Waals surface area contributed by atoms with Gasteiger partial charge in [0.05, 0.1) is 0 Å². The van der Waals surface area contributed by atoms with Gasteiger partial charge in [0.25, 0.3) is 0 Å². The van der Waals surface area contributed by atoms with Gasteiger partial charge in [0.15, 0.2) is 0 Å². The van der Waals surface area contributed by atoms with Crippen LogP contribution in [0.1, 0.15) is 30.4 Å². The van der Waals surface area contributed by atoms with Crippen molar-refractivity contribution in [3.63, 3.8) is 0 Å². The zero-order valence-corrected chi connectivity index (χ0v) is 10.6. The van der Waals surface area contributed by atoms with E-state index in [9.17, 15) is 4.79 Å². The smallest absolute Gasteiger partial charge is 0.219 e. The Bertz CT molecular complexity index is 598. The second-order valence-electron chi connectivity index (χ2n) is 4.92. The van der Waals surface area contributed by atoms with Crippen molar-refractivity contribution in [2.24, 2.45) is 0 Å². The summed E-state index contributed by atoms with van der Waals surface area (Å²) in [5.41, 5.74) is 2.80. The molecule has 0 aliphatic heterocycles. The fourth-order valence-electron chi connectivity index (χ4n) is 2.88. The van der Waals surface area contributed by atoms with Crippen LogP contribution >= 0.6 is 0 Å². The van der Waals surface area contributed by atoms with E-state index in [1.807, 2.05) is 6.92 Å². The fourth-order valence-corrected chi connectivity index (χ4v) is 2.88. The topological polar surface area (TPSA) is 29.1 Å². The highest BCUT2D eigenvalue weighted by Gasteiger charge is 2.23. The number of amides is 1. The summed E-state index contributed by atoms with van der Waals surface area (Å²) < 4.78 is 0. The van der Waals surface area contributed by atoms with Gasteiger partial charge < -0.3 is 5.32 Å². The maximum atomic E-state index is 11.4. The first-order chi connectivity index (χ1) is 8.79. The van der Waals surface area contributed by atoms with Gasteiger partial charge in [-0.3, -0.25) is 4.79 Å². The van der Waals surface area contributed by atoms with E-state index in [0.717, 1.165) is 13.0 Å². The van der Waals surface area contributed by atoms with E-state index in [2.05, 4.69) is 41.7 Å². The third-order valence-electron chi connectivity index (χ3n) is 3.80. The number of hydrogen-bond donors (Lipinski definition) is 1. The molecule has 0 unspecified atom stereocenters. The molecule has 0 aromatic heterocycles. The number of nitrogens with one attached hydrogen (secondary N) is 1. The third kappa shape index (κ3) is 1.78. The Hall–Kier alpha value is -1.83. The lowest BCUT2D eigenvalue weighted by atomic mass is 10.00. The third-order valence-corrected chi connectivity index (χ3v) is 3.80. The molecule has 1 atom stereocenters. The van der Waals surface area contributed by atoms with E-state index >= 15 is 0 Å². The minimum absolute atomic E-state index is 0.137. The number of hydrogen-bond acceptors (Lipinski definition) is 1. The van der Waals surface area contributed by atoms with Crippen molar-refractivity contribution in [2.75, 3.05) is 6.54 Å². The van der Waals surface area contributed by atoms with Gasteiger partial charge in [0.1, 0.15) is 0 Å². The highest BCUT2D eigenvalue weighted by atomic mass is 16.1. The summed E-state index contributed by atoms with van der Waals surface area (Å²) >= 11 is 0. The van der Waals surface area contributed by atoms with Crippen LogP contribution in [0.25, 0.3) is 10.8 Å². The van der Waals surface area contributed by atoms with Crippen molar-refractivity contribution in [1.82, 2.24) is 5.32 Å². The number of carbonyl (C=O) groups is 1. The van der Waals surface area contributed by atoms with E-state index < -0.39 is 0 Å². The molecule has 2 aromatic carbocycles. The van der Waals surface area contributed by atoms with Gasteiger partial charge in [0, 0.05) is 18.9 Å². The zero-order valence-electron chi connectivity index (χ0n) is 10.6. The molecule has 0 radical (unpaired) electrons. The van der Waals surface area contributed by atoms with E-state index in [1.54, 1.807) is 0 Å². The van der Waals surface area contributed by atoms with E-state index in [1.165, 1.54) is 21.9 Å². The predicted octanol–water partition coefficient (Wildman–Crippen LogP) is 3.01. The molecule has 0 saturated carbocycles. The molecule has 0 heterocycles. The van der Waals surface area contributed by atoms with Crippen molar-refractivity contribution < 1.29 is 4.79 Å². The molecule has 0 fully saturated rings. The van der Waals surface area contributed by atoms with Gasteiger partial charge in [-0.25, -0.2) is 0 Å².